The van der Waals surface area contributed by atoms with Crippen molar-refractivity contribution < 1.29 is 4.79 Å². The third kappa shape index (κ3) is 15.1. The van der Waals surface area contributed by atoms with Crippen LogP contribution >= 0.6 is 0 Å². The van der Waals surface area contributed by atoms with Gasteiger partial charge in [0.05, 0.1) is 0 Å². The first kappa shape index (κ1) is 27.3. The predicted octanol–water partition coefficient (Wildman–Crippen LogP) is 8.77. The molecule has 0 atom stereocenters. The zero-order valence-corrected chi connectivity index (χ0v) is 21.0. The Morgan fingerprint density at radius 3 is 1.43 bits per heavy atom. The lowest BCUT2D eigenvalue weighted by atomic mass is 10.1. The molecular weight excluding hydrogens is 384 g/mol. The van der Waals surface area contributed by atoms with Crippen LogP contribution in [0.5, 0.6) is 0 Å². The van der Waals surface area contributed by atoms with E-state index in [0.717, 1.165) is 11.3 Å². The van der Waals surface area contributed by atoms with Gasteiger partial charge in [-0.2, -0.15) is 0 Å². The van der Waals surface area contributed by atoms with Gasteiger partial charge in [0, 0.05) is 5.56 Å². The molecule has 0 radical (unpaired) electrons. The van der Waals surface area contributed by atoms with Crippen LogP contribution in [-0.4, -0.2) is 23.0 Å². The molecule has 1 nitrogen and oxygen atoms in total. The molecule has 0 bridgehead atoms. The number of hydrogen-bond acceptors (Lipinski definition) is 1. The third-order valence-electron chi connectivity index (χ3n) is 6.00. The second kappa shape index (κ2) is 20.2. The highest BCUT2D eigenvalue weighted by molar-refractivity contribution is 7.97. The molecule has 0 spiro atoms. The SMILES string of the molecule is CCCCCCCCCC[S+](CCCCCCCCCC)CC(=O)c1ccccc1. The van der Waals surface area contributed by atoms with Gasteiger partial charge in [-0.3, -0.25) is 4.79 Å². The van der Waals surface area contributed by atoms with Crippen LogP contribution < -0.4 is 0 Å². The summed E-state index contributed by atoms with van der Waals surface area (Å²) in [5, 5.41) is 0. The van der Waals surface area contributed by atoms with Crippen molar-refractivity contribution in [2.75, 3.05) is 17.3 Å². The van der Waals surface area contributed by atoms with E-state index in [1.165, 1.54) is 114 Å². The molecule has 0 amide bonds. The van der Waals surface area contributed by atoms with Gasteiger partial charge < -0.3 is 0 Å². The normalized spacial score (nSPS) is 11.3. The Kier molecular flexibility index (Phi) is 18.3. The summed E-state index contributed by atoms with van der Waals surface area (Å²) >= 11 is 0. The van der Waals surface area contributed by atoms with Gasteiger partial charge in [-0.15, -0.1) is 0 Å². The number of rotatable bonds is 21. The van der Waals surface area contributed by atoms with Gasteiger partial charge in [-0.25, -0.2) is 0 Å². The van der Waals surface area contributed by atoms with Crippen molar-refractivity contribution >= 4 is 16.7 Å². The Hall–Kier alpha value is -0.760. The van der Waals surface area contributed by atoms with Crippen LogP contribution in [0.4, 0.5) is 0 Å². The molecule has 1 aromatic carbocycles. The fraction of sp³-hybridized carbons (Fsp3) is 0.750. The van der Waals surface area contributed by atoms with E-state index in [9.17, 15) is 4.79 Å². The van der Waals surface area contributed by atoms with Gasteiger partial charge in [-0.1, -0.05) is 121 Å². The summed E-state index contributed by atoms with van der Waals surface area (Å²) < 4.78 is 0. The molecule has 0 saturated carbocycles. The maximum absolute atomic E-state index is 12.7. The molecule has 0 unspecified atom stereocenters. The largest absolute Gasteiger partial charge is 0.289 e. The predicted molar refractivity (Wildman–Crippen MR) is 138 cm³/mol. The number of ketones is 1. The average Bonchev–Trinajstić information content (AvgIpc) is 2.77. The van der Waals surface area contributed by atoms with E-state index in [0.29, 0.717) is 5.78 Å². The van der Waals surface area contributed by atoms with Gasteiger partial charge in [0.25, 0.3) is 0 Å². The van der Waals surface area contributed by atoms with Crippen LogP contribution in [0.2, 0.25) is 0 Å². The molecule has 0 aliphatic rings. The second-order valence-electron chi connectivity index (χ2n) is 8.90. The molecule has 0 fully saturated rings. The smallest absolute Gasteiger partial charge is 0.211 e. The van der Waals surface area contributed by atoms with Gasteiger partial charge in [0.2, 0.25) is 5.78 Å². The highest BCUT2D eigenvalue weighted by Crippen LogP contribution is 2.15. The summed E-state index contributed by atoms with van der Waals surface area (Å²) in [7, 11) is 0.275. The maximum atomic E-state index is 12.7. The van der Waals surface area contributed by atoms with Crippen LogP contribution in [0.15, 0.2) is 30.3 Å². The minimum absolute atomic E-state index is 0.275. The van der Waals surface area contributed by atoms with Crippen molar-refractivity contribution in [1.29, 1.82) is 0 Å². The molecule has 2 heteroatoms. The zero-order valence-electron chi connectivity index (χ0n) is 20.1. The Morgan fingerprint density at radius 2 is 1.00 bits per heavy atom. The lowest BCUT2D eigenvalue weighted by Crippen LogP contribution is -2.23. The van der Waals surface area contributed by atoms with Gasteiger partial charge >= 0.3 is 0 Å². The van der Waals surface area contributed by atoms with Crippen molar-refractivity contribution in [2.45, 2.75) is 117 Å². The van der Waals surface area contributed by atoms with E-state index in [1.54, 1.807) is 0 Å². The molecule has 0 heterocycles. The van der Waals surface area contributed by atoms with E-state index in [1.807, 2.05) is 30.3 Å². The average molecular weight is 434 g/mol. The Morgan fingerprint density at radius 1 is 0.600 bits per heavy atom. The van der Waals surface area contributed by atoms with Crippen molar-refractivity contribution in [1.82, 2.24) is 0 Å². The summed E-state index contributed by atoms with van der Waals surface area (Å²) in [6, 6.07) is 9.94. The molecule has 0 aliphatic carbocycles. The third-order valence-corrected chi connectivity index (χ3v) is 8.41. The highest BCUT2D eigenvalue weighted by atomic mass is 32.2. The van der Waals surface area contributed by atoms with Crippen LogP contribution in [0.25, 0.3) is 0 Å². The molecular formula is C28H49OS+. The first-order valence-corrected chi connectivity index (χ1v) is 14.7. The van der Waals surface area contributed by atoms with Crippen LogP contribution in [-0.2, 0) is 10.9 Å². The lowest BCUT2D eigenvalue weighted by molar-refractivity contribution is 0.102. The molecule has 172 valence electrons. The summed E-state index contributed by atoms with van der Waals surface area (Å²) in [6.45, 7) is 4.56. The summed E-state index contributed by atoms with van der Waals surface area (Å²) in [6.07, 6.45) is 22.0. The topological polar surface area (TPSA) is 17.1 Å². The first-order valence-electron chi connectivity index (χ1n) is 13.0. The van der Waals surface area contributed by atoms with E-state index >= 15 is 0 Å². The molecule has 1 rings (SSSR count). The van der Waals surface area contributed by atoms with Crippen LogP contribution in [0, 0.1) is 0 Å². The molecule has 0 aliphatic heterocycles. The molecule has 30 heavy (non-hydrogen) atoms. The molecule has 0 N–H and O–H groups in total. The van der Waals surface area contributed by atoms with E-state index < -0.39 is 0 Å². The molecule has 0 aromatic heterocycles. The standard InChI is InChI=1S/C28H49OS/c1-3-5-7-9-11-13-15-20-24-30(25-21-16-14-12-10-8-6-4-2)26-28(29)27-22-18-17-19-23-27/h17-19,22-23H,3-16,20-21,24-26H2,1-2H3/q+1. The number of carbonyl (C=O) groups is 1. The van der Waals surface area contributed by atoms with Crippen LogP contribution in [0.1, 0.15) is 127 Å². The van der Waals surface area contributed by atoms with Gasteiger partial charge in [0.1, 0.15) is 11.5 Å². The minimum Gasteiger partial charge on any atom is -0.289 e. The quantitative estimate of drug-likeness (QED) is 0.107. The number of unbranched alkanes of at least 4 members (excludes halogenated alkanes) is 14. The lowest BCUT2D eigenvalue weighted by Gasteiger charge is -2.09. The maximum Gasteiger partial charge on any atom is 0.211 e. The van der Waals surface area contributed by atoms with Crippen LogP contribution in [0.3, 0.4) is 0 Å². The van der Waals surface area contributed by atoms with Crippen molar-refractivity contribution in [3.63, 3.8) is 0 Å². The Labute approximate surface area is 191 Å². The van der Waals surface area contributed by atoms with E-state index in [2.05, 4.69) is 13.8 Å². The first-order chi connectivity index (χ1) is 14.8. The number of Topliss-reactive ketones (excluding diaryl/α,β-unsaturated/α-hetero) is 1. The van der Waals surface area contributed by atoms with Crippen molar-refractivity contribution in [3.8, 4) is 0 Å². The van der Waals surface area contributed by atoms with E-state index in [4.69, 9.17) is 0 Å². The number of hydrogen-bond donors (Lipinski definition) is 0. The van der Waals surface area contributed by atoms with E-state index in [-0.39, 0.29) is 10.9 Å². The monoisotopic (exact) mass is 433 g/mol. The second-order valence-corrected chi connectivity index (χ2v) is 11.2. The Balaban J connectivity index is 2.27. The zero-order chi connectivity index (χ0) is 21.7. The number of benzene rings is 1. The summed E-state index contributed by atoms with van der Waals surface area (Å²) in [5.74, 6) is 3.67. The molecule has 0 saturated heterocycles. The van der Waals surface area contributed by atoms with Crippen molar-refractivity contribution in [2.24, 2.45) is 0 Å². The van der Waals surface area contributed by atoms with Crippen molar-refractivity contribution in [3.05, 3.63) is 35.9 Å². The van der Waals surface area contributed by atoms with Gasteiger partial charge in [-0.05, 0) is 36.6 Å². The number of carbonyl (C=O) groups excluding carboxylic acids is 1. The summed E-state index contributed by atoms with van der Waals surface area (Å²) in [4.78, 5) is 12.7. The molecule has 1 aromatic rings. The van der Waals surface area contributed by atoms with Gasteiger partial charge in [0.15, 0.2) is 5.75 Å². The Bertz CT molecular complexity index is 479. The fourth-order valence-corrected chi connectivity index (χ4v) is 6.27. The minimum atomic E-state index is 0.275. The highest BCUT2D eigenvalue weighted by Gasteiger charge is 2.22. The summed E-state index contributed by atoms with van der Waals surface area (Å²) in [5.41, 5.74) is 0.904. The fourth-order valence-electron chi connectivity index (χ4n) is 4.02.